The van der Waals surface area contributed by atoms with Gasteiger partial charge in [-0.05, 0) is 30.7 Å². The van der Waals surface area contributed by atoms with Gasteiger partial charge in [0.1, 0.15) is 0 Å². The SMILES string of the molecule is CC(CN)CN1CC(C(C)C)CCC1=O. The number of hydrogen-bond donors (Lipinski definition) is 1. The molecule has 1 rings (SSSR count). The van der Waals surface area contributed by atoms with Crippen molar-refractivity contribution in [2.24, 2.45) is 23.5 Å². The lowest BCUT2D eigenvalue weighted by molar-refractivity contribution is -0.135. The van der Waals surface area contributed by atoms with Crippen LogP contribution in [0.2, 0.25) is 0 Å². The van der Waals surface area contributed by atoms with E-state index >= 15 is 0 Å². The molecule has 1 saturated heterocycles. The third-order valence-corrected chi connectivity index (χ3v) is 3.41. The Bertz CT molecular complexity index is 216. The van der Waals surface area contributed by atoms with E-state index in [1.54, 1.807) is 0 Å². The lowest BCUT2D eigenvalue weighted by Gasteiger charge is -2.35. The highest BCUT2D eigenvalue weighted by molar-refractivity contribution is 5.76. The van der Waals surface area contributed by atoms with Crippen molar-refractivity contribution >= 4 is 5.91 Å². The molecule has 0 spiro atoms. The lowest BCUT2D eigenvalue weighted by atomic mass is 9.87. The van der Waals surface area contributed by atoms with E-state index in [9.17, 15) is 4.79 Å². The number of rotatable bonds is 4. The second-order valence-corrected chi connectivity index (χ2v) is 5.18. The number of piperidine rings is 1. The summed E-state index contributed by atoms with van der Waals surface area (Å²) < 4.78 is 0. The molecule has 1 amide bonds. The highest BCUT2D eigenvalue weighted by Crippen LogP contribution is 2.24. The minimum Gasteiger partial charge on any atom is -0.342 e. The fourth-order valence-corrected chi connectivity index (χ4v) is 2.11. The van der Waals surface area contributed by atoms with Gasteiger partial charge in [-0.1, -0.05) is 20.8 Å². The molecular formula is C12H24N2O. The molecule has 15 heavy (non-hydrogen) atoms. The van der Waals surface area contributed by atoms with E-state index in [0.29, 0.717) is 30.2 Å². The van der Waals surface area contributed by atoms with E-state index in [-0.39, 0.29) is 0 Å². The Morgan fingerprint density at radius 3 is 2.67 bits per heavy atom. The van der Waals surface area contributed by atoms with Crippen molar-refractivity contribution in [3.05, 3.63) is 0 Å². The fourth-order valence-electron chi connectivity index (χ4n) is 2.11. The summed E-state index contributed by atoms with van der Waals surface area (Å²) >= 11 is 0. The number of likely N-dealkylation sites (tertiary alicyclic amines) is 1. The first-order valence-corrected chi connectivity index (χ1v) is 6.02. The van der Waals surface area contributed by atoms with Crippen LogP contribution in [-0.4, -0.2) is 30.4 Å². The van der Waals surface area contributed by atoms with Gasteiger partial charge in [0.05, 0.1) is 0 Å². The molecule has 3 nitrogen and oxygen atoms in total. The molecule has 1 aliphatic rings. The molecule has 1 fully saturated rings. The molecule has 2 N–H and O–H groups in total. The van der Waals surface area contributed by atoms with Gasteiger partial charge in [0.2, 0.25) is 5.91 Å². The van der Waals surface area contributed by atoms with Crippen LogP contribution in [0.4, 0.5) is 0 Å². The van der Waals surface area contributed by atoms with Gasteiger partial charge in [0, 0.05) is 19.5 Å². The van der Waals surface area contributed by atoms with Gasteiger partial charge < -0.3 is 10.6 Å². The molecule has 1 heterocycles. The second kappa shape index (κ2) is 5.50. The zero-order valence-electron chi connectivity index (χ0n) is 10.2. The first kappa shape index (κ1) is 12.5. The average molecular weight is 212 g/mol. The molecule has 0 bridgehead atoms. The summed E-state index contributed by atoms with van der Waals surface area (Å²) in [5.41, 5.74) is 5.59. The highest BCUT2D eigenvalue weighted by atomic mass is 16.2. The van der Waals surface area contributed by atoms with Crippen LogP contribution in [0.1, 0.15) is 33.6 Å². The van der Waals surface area contributed by atoms with Crippen molar-refractivity contribution in [2.45, 2.75) is 33.6 Å². The molecule has 0 aromatic heterocycles. The Hall–Kier alpha value is -0.570. The molecule has 0 aromatic rings. The van der Waals surface area contributed by atoms with Crippen LogP contribution in [0, 0.1) is 17.8 Å². The first-order chi connectivity index (χ1) is 7.04. The smallest absolute Gasteiger partial charge is 0.222 e. The van der Waals surface area contributed by atoms with Crippen molar-refractivity contribution in [3.8, 4) is 0 Å². The van der Waals surface area contributed by atoms with Gasteiger partial charge in [-0.25, -0.2) is 0 Å². The molecule has 0 aliphatic carbocycles. The van der Waals surface area contributed by atoms with Gasteiger partial charge in [-0.15, -0.1) is 0 Å². The van der Waals surface area contributed by atoms with Crippen LogP contribution in [0.15, 0.2) is 0 Å². The van der Waals surface area contributed by atoms with E-state index in [1.807, 2.05) is 4.90 Å². The minimum absolute atomic E-state index is 0.312. The van der Waals surface area contributed by atoms with Crippen LogP contribution < -0.4 is 5.73 Å². The van der Waals surface area contributed by atoms with E-state index in [2.05, 4.69) is 20.8 Å². The summed E-state index contributed by atoms with van der Waals surface area (Å²) in [4.78, 5) is 13.7. The summed E-state index contributed by atoms with van der Waals surface area (Å²) in [6.45, 7) is 9.01. The molecule has 3 heteroatoms. The Labute approximate surface area is 93.0 Å². The van der Waals surface area contributed by atoms with Gasteiger partial charge in [-0.3, -0.25) is 4.79 Å². The normalized spacial score (nSPS) is 24.7. The van der Waals surface area contributed by atoms with Crippen LogP contribution in [0.25, 0.3) is 0 Å². The number of nitrogens with two attached hydrogens (primary N) is 1. The van der Waals surface area contributed by atoms with Crippen molar-refractivity contribution in [1.82, 2.24) is 4.90 Å². The molecule has 0 aromatic carbocycles. The van der Waals surface area contributed by atoms with E-state index < -0.39 is 0 Å². The van der Waals surface area contributed by atoms with Crippen LogP contribution >= 0.6 is 0 Å². The molecule has 0 radical (unpaired) electrons. The number of amides is 1. The Balaban J connectivity index is 2.50. The van der Waals surface area contributed by atoms with Gasteiger partial charge in [0.25, 0.3) is 0 Å². The lowest BCUT2D eigenvalue weighted by Crippen LogP contribution is -2.44. The maximum atomic E-state index is 11.7. The van der Waals surface area contributed by atoms with Crippen LogP contribution in [0.3, 0.4) is 0 Å². The fraction of sp³-hybridized carbons (Fsp3) is 0.917. The summed E-state index contributed by atoms with van der Waals surface area (Å²) in [5.74, 6) is 2.08. The molecular weight excluding hydrogens is 188 g/mol. The van der Waals surface area contributed by atoms with E-state index in [1.165, 1.54) is 0 Å². The van der Waals surface area contributed by atoms with Crippen molar-refractivity contribution in [3.63, 3.8) is 0 Å². The van der Waals surface area contributed by atoms with Crippen molar-refractivity contribution in [1.29, 1.82) is 0 Å². The van der Waals surface area contributed by atoms with Gasteiger partial charge in [-0.2, -0.15) is 0 Å². The molecule has 2 unspecified atom stereocenters. The minimum atomic E-state index is 0.312. The van der Waals surface area contributed by atoms with E-state index in [0.717, 1.165) is 25.9 Å². The number of carbonyl (C=O) groups is 1. The molecule has 0 saturated carbocycles. The maximum Gasteiger partial charge on any atom is 0.222 e. The predicted octanol–water partition coefficient (Wildman–Crippen LogP) is 1.48. The van der Waals surface area contributed by atoms with Crippen molar-refractivity contribution in [2.75, 3.05) is 19.6 Å². The zero-order chi connectivity index (χ0) is 11.4. The predicted molar refractivity (Wildman–Crippen MR) is 62.4 cm³/mol. The Kier molecular flexibility index (Phi) is 4.58. The monoisotopic (exact) mass is 212 g/mol. The van der Waals surface area contributed by atoms with Gasteiger partial charge in [0.15, 0.2) is 0 Å². The Morgan fingerprint density at radius 1 is 1.47 bits per heavy atom. The maximum absolute atomic E-state index is 11.7. The van der Waals surface area contributed by atoms with Crippen LogP contribution in [-0.2, 0) is 4.79 Å². The molecule has 2 atom stereocenters. The summed E-state index contributed by atoms with van der Waals surface area (Å²) in [6, 6.07) is 0. The molecule has 88 valence electrons. The van der Waals surface area contributed by atoms with E-state index in [4.69, 9.17) is 5.73 Å². The summed E-state index contributed by atoms with van der Waals surface area (Å²) in [7, 11) is 0. The Morgan fingerprint density at radius 2 is 2.13 bits per heavy atom. The average Bonchev–Trinajstić information content (AvgIpc) is 2.20. The number of carbonyl (C=O) groups excluding carboxylic acids is 1. The van der Waals surface area contributed by atoms with Crippen LogP contribution in [0.5, 0.6) is 0 Å². The molecule has 1 aliphatic heterocycles. The quantitative estimate of drug-likeness (QED) is 0.767. The van der Waals surface area contributed by atoms with Gasteiger partial charge >= 0.3 is 0 Å². The second-order valence-electron chi connectivity index (χ2n) is 5.18. The summed E-state index contributed by atoms with van der Waals surface area (Å²) in [5, 5.41) is 0. The largest absolute Gasteiger partial charge is 0.342 e. The first-order valence-electron chi connectivity index (χ1n) is 6.02. The third kappa shape index (κ3) is 3.49. The zero-order valence-corrected chi connectivity index (χ0v) is 10.2. The summed E-state index contributed by atoms with van der Waals surface area (Å²) in [6.07, 6.45) is 1.78. The standard InChI is InChI=1S/C12H24N2O/c1-9(2)11-4-5-12(15)14(8-11)7-10(3)6-13/h9-11H,4-8,13H2,1-3H3. The topological polar surface area (TPSA) is 46.3 Å². The number of nitrogens with zero attached hydrogens (tertiary/aromatic N) is 1. The third-order valence-electron chi connectivity index (χ3n) is 3.41. The van der Waals surface area contributed by atoms with Crippen molar-refractivity contribution < 1.29 is 4.79 Å². The number of hydrogen-bond acceptors (Lipinski definition) is 2. The highest BCUT2D eigenvalue weighted by Gasteiger charge is 2.27.